The number of benzene rings is 1. The van der Waals surface area contributed by atoms with Gasteiger partial charge in [0.05, 0.1) is 18.1 Å². The number of aryl methyl sites for hydroxylation is 1. The summed E-state index contributed by atoms with van der Waals surface area (Å²) in [5.74, 6) is 0.827. The molecule has 1 amide bonds. The van der Waals surface area contributed by atoms with Gasteiger partial charge in [-0.25, -0.2) is 0 Å². The summed E-state index contributed by atoms with van der Waals surface area (Å²) in [6.07, 6.45) is 0.564. The zero-order valence-electron chi connectivity index (χ0n) is 19.0. The highest BCUT2D eigenvalue weighted by Crippen LogP contribution is 2.28. The lowest BCUT2D eigenvalue weighted by atomic mass is 10.1. The average Bonchev–Trinajstić information content (AvgIpc) is 3.34. The molecule has 0 unspecified atom stereocenters. The van der Waals surface area contributed by atoms with Gasteiger partial charge in [-0.2, -0.15) is 10.1 Å². The lowest BCUT2D eigenvalue weighted by Gasteiger charge is -2.12. The first kappa shape index (κ1) is 23.7. The minimum atomic E-state index is -0.510. The van der Waals surface area contributed by atoms with E-state index in [0.29, 0.717) is 49.1 Å². The number of amides is 1. The van der Waals surface area contributed by atoms with Crippen LogP contribution in [0.5, 0.6) is 11.5 Å². The molecule has 1 N–H and O–H groups in total. The van der Waals surface area contributed by atoms with Crippen LogP contribution in [-0.2, 0) is 13.0 Å². The molecule has 3 aromatic rings. The van der Waals surface area contributed by atoms with E-state index in [2.05, 4.69) is 20.6 Å². The van der Waals surface area contributed by atoms with Crippen molar-refractivity contribution >= 4 is 11.6 Å². The Hall–Kier alpha value is -3.96. The highest BCUT2D eigenvalue weighted by atomic mass is 16.6. The molecule has 12 nitrogen and oxygen atoms in total. The number of aromatic nitrogens is 4. The third-order valence-corrected chi connectivity index (χ3v) is 4.79. The van der Waals surface area contributed by atoms with Crippen molar-refractivity contribution in [1.82, 2.24) is 25.2 Å². The van der Waals surface area contributed by atoms with Crippen LogP contribution in [0.3, 0.4) is 0 Å². The van der Waals surface area contributed by atoms with Crippen molar-refractivity contribution in [1.29, 1.82) is 0 Å². The Morgan fingerprint density at radius 1 is 1.21 bits per heavy atom. The first-order valence-electron chi connectivity index (χ1n) is 10.5. The number of hydrogen-bond donors (Lipinski definition) is 1. The maximum absolute atomic E-state index is 12.4. The van der Waals surface area contributed by atoms with Crippen molar-refractivity contribution in [3.8, 4) is 11.5 Å². The first-order chi connectivity index (χ1) is 15.8. The molecule has 0 aliphatic heterocycles. The molecule has 0 fully saturated rings. The van der Waals surface area contributed by atoms with Crippen LogP contribution in [0.4, 0.5) is 5.69 Å². The number of hydrogen-bond acceptors (Lipinski definition) is 9. The van der Waals surface area contributed by atoms with E-state index in [9.17, 15) is 14.9 Å². The molecule has 0 atom stereocenters. The molecule has 0 bridgehead atoms. The molecule has 0 aliphatic rings. The standard InChI is InChI=1S/C21H26N6O6/c1-5-31-16-8-7-15(11-17(16)32-6-2)9-10-22-20(28)21-23-18(25-33-21)12-26-14(4)19(27(29)30)13(3)24-26/h7-8,11H,5-6,9-10,12H2,1-4H3,(H,22,28). The molecule has 0 aliphatic carbocycles. The summed E-state index contributed by atoms with van der Waals surface area (Å²) in [4.78, 5) is 27.1. The molecule has 2 heterocycles. The Labute approximate surface area is 190 Å². The molecular weight excluding hydrogens is 432 g/mol. The number of carbonyl (C=O) groups is 1. The van der Waals surface area contributed by atoms with Crippen molar-refractivity contribution in [2.24, 2.45) is 0 Å². The molecule has 33 heavy (non-hydrogen) atoms. The van der Waals surface area contributed by atoms with Gasteiger partial charge in [0, 0.05) is 6.54 Å². The number of nitro groups is 1. The van der Waals surface area contributed by atoms with Crippen LogP contribution >= 0.6 is 0 Å². The van der Waals surface area contributed by atoms with E-state index in [4.69, 9.17) is 14.0 Å². The van der Waals surface area contributed by atoms with Gasteiger partial charge in [-0.1, -0.05) is 11.2 Å². The number of carbonyl (C=O) groups excluding carboxylic acids is 1. The summed E-state index contributed by atoms with van der Waals surface area (Å²) in [6.45, 7) is 8.40. The van der Waals surface area contributed by atoms with E-state index in [1.165, 1.54) is 4.68 Å². The van der Waals surface area contributed by atoms with Crippen molar-refractivity contribution < 1.29 is 23.7 Å². The van der Waals surface area contributed by atoms with E-state index in [1.807, 2.05) is 32.0 Å². The lowest BCUT2D eigenvalue weighted by Crippen LogP contribution is -2.26. The Morgan fingerprint density at radius 2 is 1.94 bits per heavy atom. The summed E-state index contributed by atoms with van der Waals surface area (Å²) in [5, 5.41) is 21.8. The van der Waals surface area contributed by atoms with Gasteiger partial charge in [0.15, 0.2) is 17.3 Å². The van der Waals surface area contributed by atoms with Gasteiger partial charge in [-0.3, -0.25) is 19.6 Å². The third kappa shape index (κ3) is 5.64. The summed E-state index contributed by atoms with van der Waals surface area (Å²) >= 11 is 0. The van der Waals surface area contributed by atoms with Crippen LogP contribution in [0.15, 0.2) is 22.7 Å². The Morgan fingerprint density at radius 3 is 2.61 bits per heavy atom. The minimum absolute atomic E-state index is 0.0453. The fourth-order valence-electron chi connectivity index (χ4n) is 3.30. The third-order valence-electron chi connectivity index (χ3n) is 4.79. The molecular formula is C21H26N6O6. The summed E-state index contributed by atoms with van der Waals surface area (Å²) in [5.41, 5.74) is 1.58. The van der Waals surface area contributed by atoms with E-state index in [-0.39, 0.29) is 23.9 Å². The minimum Gasteiger partial charge on any atom is -0.490 e. The van der Waals surface area contributed by atoms with Gasteiger partial charge in [-0.05, 0) is 51.8 Å². The van der Waals surface area contributed by atoms with Crippen molar-refractivity contribution in [3.63, 3.8) is 0 Å². The van der Waals surface area contributed by atoms with Crippen LogP contribution in [0, 0.1) is 24.0 Å². The lowest BCUT2D eigenvalue weighted by molar-refractivity contribution is -0.386. The molecule has 12 heteroatoms. The van der Waals surface area contributed by atoms with Crippen molar-refractivity contribution in [2.75, 3.05) is 19.8 Å². The number of ether oxygens (including phenoxy) is 2. The van der Waals surface area contributed by atoms with E-state index >= 15 is 0 Å². The molecule has 0 saturated carbocycles. The van der Waals surface area contributed by atoms with Gasteiger partial charge in [0.25, 0.3) is 0 Å². The van der Waals surface area contributed by atoms with Gasteiger partial charge in [-0.15, -0.1) is 0 Å². The second-order valence-corrected chi connectivity index (χ2v) is 7.10. The molecule has 176 valence electrons. The smallest absolute Gasteiger partial charge is 0.316 e. The summed E-state index contributed by atoms with van der Waals surface area (Å²) in [7, 11) is 0. The Bertz CT molecular complexity index is 1140. The molecule has 2 aromatic heterocycles. The fraction of sp³-hybridized carbons (Fsp3) is 0.429. The highest BCUT2D eigenvalue weighted by molar-refractivity contribution is 5.89. The van der Waals surface area contributed by atoms with Crippen LogP contribution in [0.2, 0.25) is 0 Å². The second kappa shape index (κ2) is 10.6. The van der Waals surface area contributed by atoms with E-state index < -0.39 is 10.8 Å². The highest BCUT2D eigenvalue weighted by Gasteiger charge is 2.23. The summed E-state index contributed by atoms with van der Waals surface area (Å²) in [6, 6.07) is 5.65. The number of rotatable bonds is 11. The number of nitrogens with zero attached hydrogens (tertiary/aromatic N) is 5. The van der Waals surface area contributed by atoms with E-state index in [0.717, 1.165) is 5.56 Å². The predicted octanol–water partition coefficient (Wildman–Crippen LogP) is 2.61. The van der Waals surface area contributed by atoms with Crippen LogP contribution in [0.1, 0.15) is 47.3 Å². The zero-order chi connectivity index (χ0) is 24.0. The fourth-order valence-corrected chi connectivity index (χ4v) is 3.30. The maximum atomic E-state index is 12.4. The summed E-state index contributed by atoms with van der Waals surface area (Å²) < 4.78 is 17.6. The average molecular weight is 458 g/mol. The normalized spacial score (nSPS) is 10.8. The molecule has 0 radical (unpaired) electrons. The quantitative estimate of drug-likeness (QED) is 0.338. The van der Waals surface area contributed by atoms with Crippen molar-refractivity contribution in [2.45, 2.75) is 40.7 Å². The first-order valence-corrected chi connectivity index (χ1v) is 10.5. The van der Waals surface area contributed by atoms with Crippen molar-refractivity contribution in [3.05, 3.63) is 57.0 Å². The largest absolute Gasteiger partial charge is 0.490 e. The van der Waals surface area contributed by atoms with Crippen LogP contribution in [-0.4, -0.2) is 50.5 Å². The molecule has 3 rings (SSSR count). The Kier molecular flexibility index (Phi) is 7.59. The maximum Gasteiger partial charge on any atom is 0.316 e. The molecule has 1 aromatic carbocycles. The zero-order valence-corrected chi connectivity index (χ0v) is 19.0. The topological polar surface area (TPSA) is 147 Å². The van der Waals surface area contributed by atoms with Gasteiger partial charge in [0.1, 0.15) is 17.9 Å². The van der Waals surface area contributed by atoms with Gasteiger partial charge < -0.3 is 19.3 Å². The van der Waals surface area contributed by atoms with E-state index in [1.54, 1.807) is 13.8 Å². The van der Waals surface area contributed by atoms with Gasteiger partial charge >= 0.3 is 17.5 Å². The molecule has 0 spiro atoms. The predicted molar refractivity (Wildman–Crippen MR) is 117 cm³/mol. The van der Waals surface area contributed by atoms with Crippen LogP contribution < -0.4 is 14.8 Å². The molecule has 0 saturated heterocycles. The SMILES string of the molecule is CCOc1ccc(CCNC(=O)c2nc(Cn3nc(C)c([N+](=O)[O-])c3C)no2)cc1OCC. The number of nitrogens with one attached hydrogen (secondary N) is 1. The second-order valence-electron chi connectivity index (χ2n) is 7.10. The Balaban J connectivity index is 1.58. The van der Waals surface area contributed by atoms with Gasteiger partial charge in [0.2, 0.25) is 0 Å². The monoisotopic (exact) mass is 458 g/mol. The van der Waals surface area contributed by atoms with Crippen LogP contribution in [0.25, 0.3) is 0 Å².